The summed E-state index contributed by atoms with van der Waals surface area (Å²) in [5, 5.41) is 2.41. The van der Waals surface area contributed by atoms with Crippen LogP contribution in [-0.4, -0.2) is 34.0 Å². The normalized spacial score (nSPS) is 16.4. The molecule has 2 aromatic rings. The number of hydrogen-bond acceptors (Lipinski definition) is 3. The zero-order valence-corrected chi connectivity index (χ0v) is 16.1. The van der Waals surface area contributed by atoms with Crippen LogP contribution in [0.3, 0.4) is 0 Å². The van der Waals surface area contributed by atoms with Crippen LogP contribution >= 0.6 is 11.6 Å². The summed E-state index contributed by atoms with van der Waals surface area (Å²) in [7, 11) is 1.38. The number of carbonyl (C=O) groups is 1. The van der Waals surface area contributed by atoms with E-state index in [1.165, 1.54) is 49.6 Å². The average Bonchev–Trinajstić information content (AvgIpc) is 2.67. The summed E-state index contributed by atoms with van der Waals surface area (Å²) in [6.07, 6.45) is 1.41. The quantitative estimate of drug-likeness (QED) is 0.797. The van der Waals surface area contributed by atoms with Gasteiger partial charge >= 0.3 is 0 Å². The number of rotatable bonds is 5. The summed E-state index contributed by atoms with van der Waals surface area (Å²) in [5.41, 5.74) is 0.996. The largest absolute Gasteiger partial charge is 0.363 e. The Kier molecular flexibility index (Phi) is 6.18. The zero-order valence-electron chi connectivity index (χ0n) is 14.5. The summed E-state index contributed by atoms with van der Waals surface area (Å²) in [4.78, 5) is 12.8. The number of anilines is 1. The summed E-state index contributed by atoms with van der Waals surface area (Å²) >= 11 is 3.79. The van der Waals surface area contributed by atoms with Gasteiger partial charge in [0.25, 0.3) is 5.91 Å². The molecular weight excluding hydrogens is 412 g/mol. The van der Waals surface area contributed by atoms with E-state index in [0.717, 1.165) is 10.4 Å². The van der Waals surface area contributed by atoms with Gasteiger partial charge in [-0.3, -0.25) is 4.79 Å². The van der Waals surface area contributed by atoms with Gasteiger partial charge in [-0.25, -0.2) is 17.3 Å². The smallest absolute Gasteiger partial charge is 0.273 e. The van der Waals surface area contributed by atoms with Gasteiger partial charge < -0.3 is 10.1 Å². The molecule has 3 rings (SSSR count). The fourth-order valence-corrected chi connectivity index (χ4v) is 3.49. The zero-order chi connectivity index (χ0) is 20.3. The van der Waals surface area contributed by atoms with Crippen molar-refractivity contribution in [3.8, 4) is 0 Å². The number of carbonyl (C=O) groups excluding carboxylic acids is 1. The number of ether oxygens (including phenoxy) is 1. The molecule has 0 spiro atoms. The van der Waals surface area contributed by atoms with Crippen molar-refractivity contribution >= 4 is 40.1 Å². The second kappa shape index (κ2) is 8.59. The maximum atomic E-state index is 13.3. The minimum absolute atomic E-state index is 0.00922. The lowest BCUT2D eigenvalue weighted by molar-refractivity contribution is -0.114. The molecule has 146 valence electrons. The van der Waals surface area contributed by atoms with E-state index < -0.39 is 28.7 Å². The van der Waals surface area contributed by atoms with Crippen molar-refractivity contribution in [2.45, 2.75) is 0 Å². The van der Waals surface area contributed by atoms with Gasteiger partial charge in [0, 0.05) is 18.4 Å². The molecule has 28 heavy (non-hydrogen) atoms. The molecule has 1 atom stereocenters. The first kappa shape index (κ1) is 20.1. The Morgan fingerprint density at radius 1 is 1.25 bits per heavy atom. The molecule has 0 aliphatic carbocycles. The summed E-state index contributed by atoms with van der Waals surface area (Å²) in [6, 6.07) is 9.10. The van der Waals surface area contributed by atoms with Crippen LogP contribution in [0.1, 0.15) is 5.56 Å². The van der Waals surface area contributed by atoms with Crippen molar-refractivity contribution in [1.29, 1.82) is 0 Å². The first-order chi connectivity index (χ1) is 13.4. The van der Waals surface area contributed by atoms with E-state index in [4.69, 9.17) is 16.3 Å². The third-order valence-corrected chi connectivity index (χ3v) is 5.03. The minimum atomic E-state index is -1.94. The molecule has 0 saturated heterocycles. The third kappa shape index (κ3) is 4.44. The van der Waals surface area contributed by atoms with Crippen LogP contribution in [0.15, 0.2) is 58.6 Å². The van der Waals surface area contributed by atoms with Gasteiger partial charge in [0.2, 0.25) is 11.2 Å². The topological polar surface area (TPSA) is 71.0 Å². The molecule has 1 N–H and O–H groups in total. The lowest BCUT2D eigenvalue weighted by atomic mass is 10.1. The van der Waals surface area contributed by atoms with Crippen molar-refractivity contribution < 1.29 is 22.5 Å². The number of nitrogens with one attached hydrogen (secondary N) is 1. The average molecular weight is 426 g/mol. The number of methoxy groups -OCH3 is 1. The monoisotopic (exact) mass is 425 g/mol. The lowest BCUT2D eigenvalue weighted by Crippen LogP contribution is -2.36. The van der Waals surface area contributed by atoms with Gasteiger partial charge in [-0.2, -0.15) is 4.40 Å². The van der Waals surface area contributed by atoms with Gasteiger partial charge in [-0.05, 0) is 48.5 Å². The van der Waals surface area contributed by atoms with Crippen LogP contribution < -0.4 is 5.32 Å². The van der Waals surface area contributed by atoms with Crippen molar-refractivity contribution in [2.75, 3.05) is 19.2 Å². The predicted molar refractivity (Wildman–Crippen MR) is 103 cm³/mol. The second-order valence-electron chi connectivity index (χ2n) is 5.62. The Morgan fingerprint density at radius 2 is 1.96 bits per heavy atom. The fourth-order valence-electron chi connectivity index (χ4n) is 2.38. The predicted octanol–water partition coefficient (Wildman–Crippen LogP) is 3.43. The van der Waals surface area contributed by atoms with Crippen molar-refractivity contribution in [2.24, 2.45) is 4.40 Å². The van der Waals surface area contributed by atoms with Crippen LogP contribution in [-0.2, 0) is 20.7 Å². The van der Waals surface area contributed by atoms with Crippen LogP contribution in [0, 0.1) is 11.6 Å². The summed E-state index contributed by atoms with van der Waals surface area (Å²) < 4.78 is 49.1. The van der Waals surface area contributed by atoms with E-state index in [1.807, 2.05) is 0 Å². The molecule has 0 fully saturated rings. The van der Waals surface area contributed by atoms with E-state index in [-0.39, 0.29) is 28.8 Å². The molecule has 1 unspecified atom stereocenters. The van der Waals surface area contributed by atoms with Crippen LogP contribution in [0.2, 0.25) is 5.02 Å². The van der Waals surface area contributed by atoms with Gasteiger partial charge in [0.15, 0.2) is 0 Å². The third-order valence-electron chi connectivity index (χ3n) is 3.70. The SMILES string of the molecule is COCN1C(C(=O)Nc2ccc(F)c(Cl)c2)=CC(c2ccc(F)cc2)=NS1=O. The van der Waals surface area contributed by atoms with Crippen LogP contribution in [0.5, 0.6) is 0 Å². The number of nitrogens with zero attached hydrogens (tertiary/aromatic N) is 2. The Morgan fingerprint density at radius 3 is 2.61 bits per heavy atom. The van der Waals surface area contributed by atoms with Gasteiger partial charge in [-0.15, -0.1) is 0 Å². The van der Waals surface area contributed by atoms with Gasteiger partial charge in [-0.1, -0.05) is 11.6 Å². The molecule has 0 bridgehead atoms. The molecular formula is C18H14ClF2N3O3S. The van der Waals surface area contributed by atoms with E-state index in [9.17, 15) is 17.8 Å². The van der Waals surface area contributed by atoms with E-state index in [2.05, 4.69) is 9.71 Å². The Labute approximate surface area is 167 Å². The maximum absolute atomic E-state index is 13.3. The summed E-state index contributed by atoms with van der Waals surface area (Å²) in [5.74, 6) is -1.68. The number of allylic oxidation sites excluding steroid dienone is 1. The Balaban J connectivity index is 1.93. The Bertz CT molecular complexity index is 996. The molecule has 0 radical (unpaired) electrons. The minimum Gasteiger partial charge on any atom is -0.363 e. The maximum Gasteiger partial charge on any atom is 0.273 e. The highest BCUT2D eigenvalue weighted by atomic mass is 35.5. The molecule has 0 aromatic heterocycles. The molecule has 1 aliphatic heterocycles. The van der Waals surface area contributed by atoms with E-state index >= 15 is 0 Å². The molecule has 2 aromatic carbocycles. The first-order valence-corrected chi connectivity index (χ1v) is 9.34. The molecule has 1 aliphatic rings. The number of amides is 1. The second-order valence-corrected chi connectivity index (χ2v) is 7.11. The lowest BCUT2D eigenvalue weighted by Gasteiger charge is -2.25. The number of hydrogen-bond donors (Lipinski definition) is 1. The van der Waals surface area contributed by atoms with Crippen molar-refractivity contribution in [1.82, 2.24) is 4.31 Å². The fraction of sp³-hybridized carbons (Fsp3) is 0.111. The van der Waals surface area contributed by atoms with Gasteiger partial charge in [0.05, 0.1) is 10.7 Å². The molecule has 10 heteroatoms. The molecule has 1 amide bonds. The van der Waals surface area contributed by atoms with Crippen LogP contribution in [0.25, 0.3) is 0 Å². The first-order valence-electron chi connectivity index (χ1n) is 7.90. The van der Waals surface area contributed by atoms with E-state index in [0.29, 0.717) is 5.56 Å². The van der Waals surface area contributed by atoms with Gasteiger partial charge in [0.1, 0.15) is 24.1 Å². The Hall–Kier alpha value is -2.62. The van der Waals surface area contributed by atoms with Crippen molar-refractivity contribution in [3.63, 3.8) is 0 Å². The highest BCUT2D eigenvalue weighted by Gasteiger charge is 2.28. The number of halogens is 3. The van der Waals surface area contributed by atoms with Crippen molar-refractivity contribution in [3.05, 3.63) is 76.5 Å². The summed E-state index contributed by atoms with van der Waals surface area (Å²) in [6.45, 7) is -0.157. The molecule has 0 saturated carbocycles. The van der Waals surface area contributed by atoms with E-state index in [1.54, 1.807) is 0 Å². The molecule has 1 heterocycles. The molecule has 6 nitrogen and oxygen atoms in total. The highest BCUT2D eigenvalue weighted by molar-refractivity contribution is 7.81. The number of benzene rings is 2. The standard InChI is InChI=1S/C18H14ClF2N3O3S/c1-27-10-24-17(18(25)22-13-6-7-15(21)14(19)8-13)9-16(23-28(24)26)11-2-4-12(20)5-3-11/h2-9H,10H2,1H3,(H,22,25). The highest BCUT2D eigenvalue weighted by Crippen LogP contribution is 2.23. The van der Waals surface area contributed by atoms with Crippen LogP contribution in [0.4, 0.5) is 14.5 Å².